The number of rotatable bonds is 7. The maximum atomic E-state index is 12.5. The van der Waals surface area contributed by atoms with E-state index in [0.717, 1.165) is 28.1 Å². The molecule has 7 heteroatoms. The van der Waals surface area contributed by atoms with Gasteiger partial charge in [0, 0.05) is 30.4 Å². The summed E-state index contributed by atoms with van der Waals surface area (Å²) in [6.45, 7) is 6.80. The summed E-state index contributed by atoms with van der Waals surface area (Å²) in [7, 11) is 3.53. The Hall–Kier alpha value is -2.80. The smallest absolute Gasteiger partial charge is 0.261 e. The molecular weight excluding hydrogens is 374 g/mol. The highest BCUT2D eigenvalue weighted by Crippen LogP contribution is 2.29. The van der Waals surface area contributed by atoms with Gasteiger partial charge in [-0.2, -0.15) is 5.10 Å². The van der Waals surface area contributed by atoms with Crippen molar-refractivity contribution in [2.45, 2.75) is 33.9 Å². The summed E-state index contributed by atoms with van der Waals surface area (Å²) < 4.78 is 13.1. The van der Waals surface area contributed by atoms with Crippen LogP contribution in [0.25, 0.3) is 0 Å². The number of hydrogen-bond donors (Lipinski definition) is 1. The molecule has 2 aromatic heterocycles. The fourth-order valence-electron chi connectivity index (χ4n) is 2.95. The van der Waals surface area contributed by atoms with Crippen LogP contribution in [0.4, 0.5) is 0 Å². The molecule has 1 N–H and O–H groups in total. The van der Waals surface area contributed by atoms with Crippen LogP contribution < -0.4 is 14.8 Å². The third kappa shape index (κ3) is 4.36. The van der Waals surface area contributed by atoms with E-state index in [1.54, 1.807) is 7.11 Å². The standard InChI is InChI=1S/C21H25N3O3S/c1-13-6-7-18(19(8-13)26-5)27-11-16-9-20(28-12-16)21(25)22-10-17-14(2)23-24(4)15(17)3/h6-9,12H,10-11H2,1-5H3,(H,22,25). The highest BCUT2D eigenvalue weighted by molar-refractivity contribution is 7.12. The minimum Gasteiger partial charge on any atom is -0.493 e. The molecule has 1 aromatic carbocycles. The predicted octanol–water partition coefficient (Wildman–Crippen LogP) is 3.92. The van der Waals surface area contributed by atoms with Gasteiger partial charge in [0.15, 0.2) is 11.5 Å². The number of nitrogens with zero attached hydrogens (tertiary/aromatic N) is 2. The van der Waals surface area contributed by atoms with Crippen molar-refractivity contribution in [1.82, 2.24) is 15.1 Å². The first-order valence-electron chi connectivity index (χ1n) is 9.01. The van der Waals surface area contributed by atoms with Crippen LogP contribution in [0.5, 0.6) is 11.5 Å². The Kier molecular flexibility index (Phi) is 6.04. The molecular formula is C21H25N3O3S. The molecule has 0 aliphatic heterocycles. The Bertz CT molecular complexity index is 991. The average Bonchev–Trinajstić information content (AvgIpc) is 3.24. The third-order valence-electron chi connectivity index (χ3n) is 4.68. The molecule has 0 aliphatic rings. The van der Waals surface area contributed by atoms with E-state index in [0.29, 0.717) is 29.5 Å². The molecule has 148 valence electrons. The van der Waals surface area contributed by atoms with Crippen LogP contribution in [0.3, 0.4) is 0 Å². The SMILES string of the molecule is COc1cc(C)ccc1OCc1csc(C(=O)NCc2c(C)nn(C)c2C)c1. The second-order valence-corrected chi connectivity index (χ2v) is 7.63. The number of thiophene rings is 1. The van der Waals surface area contributed by atoms with E-state index in [1.165, 1.54) is 11.3 Å². The van der Waals surface area contributed by atoms with Crippen LogP contribution >= 0.6 is 11.3 Å². The Morgan fingerprint density at radius 1 is 1.21 bits per heavy atom. The number of carbonyl (C=O) groups excluding carboxylic acids is 1. The summed E-state index contributed by atoms with van der Waals surface area (Å²) >= 11 is 1.41. The quantitative estimate of drug-likeness (QED) is 0.654. The van der Waals surface area contributed by atoms with Gasteiger partial charge in [-0.3, -0.25) is 9.48 Å². The topological polar surface area (TPSA) is 65.4 Å². The monoisotopic (exact) mass is 399 g/mol. The van der Waals surface area contributed by atoms with E-state index in [9.17, 15) is 4.79 Å². The Morgan fingerprint density at radius 3 is 2.68 bits per heavy atom. The third-order valence-corrected chi connectivity index (χ3v) is 5.65. The van der Waals surface area contributed by atoms with Crippen LogP contribution in [0.1, 0.15) is 37.7 Å². The average molecular weight is 400 g/mol. The van der Waals surface area contributed by atoms with Gasteiger partial charge in [0.05, 0.1) is 17.7 Å². The molecule has 0 saturated heterocycles. The van der Waals surface area contributed by atoms with Crippen LogP contribution in [-0.2, 0) is 20.2 Å². The minimum absolute atomic E-state index is 0.0909. The molecule has 0 radical (unpaired) electrons. The summed E-state index contributed by atoms with van der Waals surface area (Å²) in [5, 5.41) is 9.30. The van der Waals surface area contributed by atoms with E-state index in [1.807, 2.05) is 62.1 Å². The second-order valence-electron chi connectivity index (χ2n) is 6.72. The lowest BCUT2D eigenvalue weighted by molar-refractivity contribution is 0.0955. The number of methoxy groups -OCH3 is 1. The van der Waals surface area contributed by atoms with Gasteiger partial charge < -0.3 is 14.8 Å². The first-order chi connectivity index (χ1) is 13.4. The van der Waals surface area contributed by atoms with Gasteiger partial charge in [0.25, 0.3) is 5.91 Å². The fraction of sp³-hybridized carbons (Fsp3) is 0.333. The van der Waals surface area contributed by atoms with E-state index in [2.05, 4.69) is 10.4 Å². The first kappa shape index (κ1) is 19.9. The molecule has 0 fully saturated rings. The van der Waals surface area contributed by atoms with Gasteiger partial charge >= 0.3 is 0 Å². The largest absolute Gasteiger partial charge is 0.493 e. The molecule has 1 amide bonds. The molecule has 0 spiro atoms. The molecule has 3 aromatic rings. The molecule has 0 atom stereocenters. The number of benzene rings is 1. The Labute approximate surface area is 169 Å². The lowest BCUT2D eigenvalue weighted by Crippen LogP contribution is -2.22. The number of nitrogens with one attached hydrogen (secondary N) is 1. The van der Waals surface area contributed by atoms with Gasteiger partial charge in [0.1, 0.15) is 6.61 Å². The van der Waals surface area contributed by atoms with Crippen LogP contribution in [0, 0.1) is 20.8 Å². The van der Waals surface area contributed by atoms with E-state index in [-0.39, 0.29) is 5.91 Å². The van der Waals surface area contributed by atoms with Crippen molar-refractivity contribution in [3.8, 4) is 11.5 Å². The maximum absolute atomic E-state index is 12.5. The molecule has 0 unspecified atom stereocenters. The Morgan fingerprint density at radius 2 is 2.00 bits per heavy atom. The minimum atomic E-state index is -0.0909. The summed E-state index contributed by atoms with van der Waals surface area (Å²) in [6, 6.07) is 7.67. The number of ether oxygens (including phenoxy) is 2. The van der Waals surface area contributed by atoms with Gasteiger partial charge in [-0.1, -0.05) is 6.07 Å². The molecule has 6 nitrogen and oxygen atoms in total. The molecule has 28 heavy (non-hydrogen) atoms. The molecule has 0 saturated carbocycles. The summed E-state index contributed by atoms with van der Waals surface area (Å²) in [5.41, 5.74) is 5.12. The van der Waals surface area contributed by atoms with Gasteiger partial charge in [-0.05, 0) is 49.9 Å². The summed E-state index contributed by atoms with van der Waals surface area (Å²) in [4.78, 5) is 13.1. The summed E-state index contributed by atoms with van der Waals surface area (Å²) in [5.74, 6) is 1.30. The highest BCUT2D eigenvalue weighted by Gasteiger charge is 2.14. The zero-order valence-corrected chi connectivity index (χ0v) is 17.6. The van der Waals surface area contributed by atoms with Gasteiger partial charge in [0.2, 0.25) is 0 Å². The van der Waals surface area contributed by atoms with Crippen molar-refractivity contribution >= 4 is 17.2 Å². The predicted molar refractivity (Wildman–Crippen MR) is 110 cm³/mol. The lowest BCUT2D eigenvalue weighted by atomic mass is 10.2. The normalized spacial score (nSPS) is 10.8. The van der Waals surface area contributed by atoms with Crippen molar-refractivity contribution in [3.63, 3.8) is 0 Å². The number of amides is 1. The molecule has 0 aliphatic carbocycles. The summed E-state index contributed by atoms with van der Waals surface area (Å²) in [6.07, 6.45) is 0. The lowest BCUT2D eigenvalue weighted by Gasteiger charge is -2.10. The van der Waals surface area contributed by atoms with E-state index in [4.69, 9.17) is 9.47 Å². The van der Waals surface area contributed by atoms with Crippen molar-refractivity contribution in [2.24, 2.45) is 7.05 Å². The molecule has 0 bridgehead atoms. The number of aryl methyl sites for hydroxylation is 3. The molecule has 2 heterocycles. The van der Waals surface area contributed by atoms with Crippen molar-refractivity contribution in [3.05, 3.63) is 62.6 Å². The highest BCUT2D eigenvalue weighted by atomic mass is 32.1. The second kappa shape index (κ2) is 8.48. The molecule has 3 rings (SSSR count). The number of hydrogen-bond acceptors (Lipinski definition) is 5. The zero-order valence-electron chi connectivity index (χ0n) is 16.8. The zero-order chi connectivity index (χ0) is 20.3. The van der Waals surface area contributed by atoms with Crippen molar-refractivity contribution < 1.29 is 14.3 Å². The van der Waals surface area contributed by atoms with E-state index < -0.39 is 0 Å². The van der Waals surface area contributed by atoms with Crippen molar-refractivity contribution in [2.75, 3.05) is 7.11 Å². The maximum Gasteiger partial charge on any atom is 0.261 e. The number of carbonyl (C=O) groups is 1. The van der Waals surface area contributed by atoms with E-state index >= 15 is 0 Å². The van der Waals surface area contributed by atoms with Gasteiger partial charge in [-0.25, -0.2) is 0 Å². The van der Waals surface area contributed by atoms with Crippen LogP contribution in [0.2, 0.25) is 0 Å². The van der Waals surface area contributed by atoms with Crippen molar-refractivity contribution in [1.29, 1.82) is 0 Å². The Balaban J connectivity index is 1.60. The fourth-order valence-corrected chi connectivity index (χ4v) is 3.77. The first-order valence-corrected chi connectivity index (χ1v) is 9.89. The number of aromatic nitrogens is 2. The van der Waals surface area contributed by atoms with Crippen LogP contribution in [-0.4, -0.2) is 22.8 Å². The van der Waals surface area contributed by atoms with Crippen LogP contribution in [0.15, 0.2) is 29.6 Å². The van der Waals surface area contributed by atoms with Gasteiger partial charge in [-0.15, -0.1) is 11.3 Å².